The van der Waals surface area contributed by atoms with Crippen LogP contribution in [0.25, 0.3) is 0 Å². The summed E-state index contributed by atoms with van der Waals surface area (Å²) >= 11 is 0. The predicted molar refractivity (Wildman–Crippen MR) is 70.2 cm³/mol. The van der Waals surface area contributed by atoms with Crippen molar-refractivity contribution in [3.05, 3.63) is 47.5 Å². The Bertz CT molecular complexity index is 502. The number of aliphatic hydroxyl groups excluding tert-OH is 1. The van der Waals surface area contributed by atoms with Crippen LogP contribution in [-0.2, 0) is 6.42 Å². The van der Waals surface area contributed by atoms with Gasteiger partial charge in [0.2, 0.25) is 0 Å². The Hall–Kier alpha value is -1.68. The zero-order valence-corrected chi connectivity index (χ0v) is 11.0. The van der Waals surface area contributed by atoms with E-state index in [1.807, 2.05) is 36.0 Å². The van der Waals surface area contributed by atoms with Crippen LogP contribution in [-0.4, -0.2) is 19.9 Å². The van der Waals surface area contributed by atoms with Gasteiger partial charge in [-0.15, -0.1) is 0 Å². The Balaban J connectivity index is 2.06. The molecular formula is C14H19N3O. The number of nitrogens with zero attached hydrogens (tertiary/aromatic N) is 3. The van der Waals surface area contributed by atoms with Crippen molar-refractivity contribution in [1.29, 1.82) is 0 Å². The smallest absolute Gasteiger partial charge is 0.102 e. The fourth-order valence-electron chi connectivity index (χ4n) is 1.75. The number of aryl methyl sites for hydroxylation is 1. The van der Waals surface area contributed by atoms with Crippen molar-refractivity contribution < 1.29 is 5.11 Å². The third kappa shape index (κ3) is 2.96. The van der Waals surface area contributed by atoms with Gasteiger partial charge in [-0.2, -0.15) is 5.10 Å². The third-order valence-corrected chi connectivity index (χ3v) is 2.87. The van der Waals surface area contributed by atoms with Gasteiger partial charge < -0.3 is 5.11 Å². The molecule has 0 aliphatic rings. The fourth-order valence-corrected chi connectivity index (χ4v) is 1.75. The predicted octanol–water partition coefficient (Wildman–Crippen LogP) is 2.44. The van der Waals surface area contributed by atoms with E-state index >= 15 is 0 Å². The molecule has 0 aliphatic heterocycles. The minimum Gasteiger partial charge on any atom is -0.386 e. The SMILES string of the molecule is Cc1ccc(C(O)Cc2ccn(C(C)C)n2)nc1. The number of pyridine rings is 1. The van der Waals surface area contributed by atoms with Gasteiger partial charge in [-0.05, 0) is 38.5 Å². The Morgan fingerprint density at radius 3 is 2.61 bits per heavy atom. The molecule has 0 amide bonds. The Morgan fingerprint density at radius 1 is 1.28 bits per heavy atom. The summed E-state index contributed by atoms with van der Waals surface area (Å²) in [7, 11) is 0. The molecule has 2 aromatic rings. The third-order valence-electron chi connectivity index (χ3n) is 2.87. The maximum absolute atomic E-state index is 10.1. The minimum atomic E-state index is -0.596. The highest BCUT2D eigenvalue weighted by atomic mass is 16.3. The quantitative estimate of drug-likeness (QED) is 0.900. The van der Waals surface area contributed by atoms with E-state index in [9.17, 15) is 5.11 Å². The minimum absolute atomic E-state index is 0.341. The molecule has 0 radical (unpaired) electrons. The highest BCUT2D eigenvalue weighted by Crippen LogP contribution is 2.16. The van der Waals surface area contributed by atoms with Crippen LogP contribution in [0, 0.1) is 6.92 Å². The van der Waals surface area contributed by atoms with Gasteiger partial charge in [0, 0.05) is 24.9 Å². The van der Waals surface area contributed by atoms with Gasteiger partial charge in [0.25, 0.3) is 0 Å². The summed E-state index contributed by atoms with van der Waals surface area (Å²) in [5, 5.41) is 14.5. The molecule has 1 atom stereocenters. The molecule has 0 aliphatic carbocycles. The second kappa shape index (κ2) is 5.31. The Labute approximate surface area is 107 Å². The Morgan fingerprint density at radius 2 is 2.06 bits per heavy atom. The zero-order valence-electron chi connectivity index (χ0n) is 11.0. The summed E-state index contributed by atoms with van der Waals surface area (Å²) in [4.78, 5) is 4.23. The van der Waals surface area contributed by atoms with Gasteiger partial charge in [0.15, 0.2) is 0 Å². The average molecular weight is 245 g/mol. The molecule has 0 spiro atoms. The maximum Gasteiger partial charge on any atom is 0.102 e. The van der Waals surface area contributed by atoms with Gasteiger partial charge in [0.1, 0.15) is 6.10 Å². The summed E-state index contributed by atoms with van der Waals surface area (Å²) in [6.07, 6.45) is 3.61. The average Bonchev–Trinajstić information content (AvgIpc) is 2.78. The highest BCUT2D eigenvalue weighted by Gasteiger charge is 2.12. The fraction of sp³-hybridized carbons (Fsp3) is 0.429. The lowest BCUT2D eigenvalue weighted by Gasteiger charge is -2.09. The highest BCUT2D eigenvalue weighted by molar-refractivity contribution is 5.15. The first kappa shape index (κ1) is 12.8. The second-order valence-corrected chi connectivity index (χ2v) is 4.86. The lowest BCUT2D eigenvalue weighted by molar-refractivity contribution is 0.172. The van der Waals surface area contributed by atoms with E-state index in [4.69, 9.17) is 0 Å². The van der Waals surface area contributed by atoms with Crippen molar-refractivity contribution in [3.63, 3.8) is 0 Å². The number of aliphatic hydroxyl groups is 1. The molecule has 2 rings (SSSR count). The van der Waals surface area contributed by atoms with Crippen LogP contribution in [0.4, 0.5) is 0 Å². The van der Waals surface area contributed by atoms with E-state index in [0.717, 1.165) is 11.3 Å². The van der Waals surface area contributed by atoms with Crippen LogP contribution >= 0.6 is 0 Å². The van der Waals surface area contributed by atoms with Crippen molar-refractivity contribution in [3.8, 4) is 0 Å². The van der Waals surface area contributed by atoms with Crippen LogP contribution in [0.2, 0.25) is 0 Å². The molecule has 2 aromatic heterocycles. The van der Waals surface area contributed by atoms with Crippen molar-refractivity contribution >= 4 is 0 Å². The molecule has 0 bridgehead atoms. The lowest BCUT2D eigenvalue weighted by Crippen LogP contribution is -2.06. The van der Waals surface area contributed by atoms with Crippen molar-refractivity contribution in [1.82, 2.24) is 14.8 Å². The number of rotatable bonds is 4. The molecule has 0 saturated heterocycles. The van der Waals surface area contributed by atoms with Gasteiger partial charge in [0.05, 0.1) is 11.4 Å². The maximum atomic E-state index is 10.1. The van der Waals surface area contributed by atoms with E-state index in [2.05, 4.69) is 23.9 Å². The molecular weight excluding hydrogens is 226 g/mol. The molecule has 0 aromatic carbocycles. The standard InChI is InChI=1S/C14H19N3O/c1-10(2)17-7-6-12(16-17)8-14(18)13-5-4-11(3)9-15-13/h4-7,9-10,14,18H,8H2,1-3H3. The summed E-state index contributed by atoms with van der Waals surface area (Å²) in [6, 6.07) is 6.10. The number of hydrogen-bond acceptors (Lipinski definition) is 3. The van der Waals surface area contributed by atoms with Gasteiger partial charge >= 0.3 is 0 Å². The molecule has 1 N–H and O–H groups in total. The van der Waals surface area contributed by atoms with Crippen LogP contribution in [0.3, 0.4) is 0 Å². The summed E-state index contributed by atoms with van der Waals surface area (Å²) in [6.45, 7) is 6.14. The molecule has 4 nitrogen and oxygen atoms in total. The molecule has 0 fully saturated rings. The van der Waals surface area contributed by atoms with E-state index in [0.29, 0.717) is 18.2 Å². The first-order chi connectivity index (χ1) is 8.56. The number of aromatic nitrogens is 3. The van der Waals surface area contributed by atoms with Gasteiger partial charge in [-0.3, -0.25) is 9.67 Å². The molecule has 18 heavy (non-hydrogen) atoms. The molecule has 4 heteroatoms. The van der Waals surface area contributed by atoms with E-state index in [1.54, 1.807) is 6.20 Å². The summed E-state index contributed by atoms with van der Waals surface area (Å²) in [5.74, 6) is 0. The summed E-state index contributed by atoms with van der Waals surface area (Å²) in [5.41, 5.74) is 2.67. The van der Waals surface area contributed by atoms with Gasteiger partial charge in [-0.1, -0.05) is 6.07 Å². The normalized spacial score (nSPS) is 12.9. The monoisotopic (exact) mass is 245 g/mol. The zero-order chi connectivity index (χ0) is 13.1. The van der Waals surface area contributed by atoms with Crippen molar-refractivity contribution in [2.75, 3.05) is 0 Å². The van der Waals surface area contributed by atoms with E-state index in [1.165, 1.54) is 0 Å². The van der Waals surface area contributed by atoms with Crippen LogP contribution < -0.4 is 0 Å². The molecule has 0 saturated carbocycles. The molecule has 96 valence electrons. The second-order valence-electron chi connectivity index (χ2n) is 4.86. The Kier molecular flexibility index (Phi) is 3.77. The topological polar surface area (TPSA) is 50.9 Å². The van der Waals surface area contributed by atoms with Crippen molar-refractivity contribution in [2.24, 2.45) is 0 Å². The molecule has 2 heterocycles. The first-order valence-electron chi connectivity index (χ1n) is 6.21. The largest absolute Gasteiger partial charge is 0.386 e. The van der Waals surface area contributed by atoms with E-state index < -0.39 is 6.10 Å². The van der Waals surface area contributed by atoms with E-state index in [-0.39, 0.29) is 0 Å². The van der Waals surface area contributed by atoms with Crippen LogP contribution in [0.5, 0.6) is 0 Å². The lowest BCUT2D eigenvalue weighted by atomic mass is 10.1. The summed E-state index contributed by atoms with van der Waals surface area (Å²) < 4.78 is 1.89. The van der Waals surface area contributed by atoms with Gasteiger partial charge in [-0.25, -0.2) is 0 Å². The molecule has 1 unspecified atom stereocenters. The van der Waals surface area contributed by atoms with Crippen LogP contribution in [0.1, 0.15) is 42.9 Å². The first-order valence-corrected chi connectivity index (χ1v) is 6.21. The van der Waals surface area contributed by atoms with Crippen molar-refractivity contribution in [2.45, 2.75) is 39.3 Å². The van der Waals surface area contributed by atoms with Crippen LogP contribution in [0.15, 0.2) is 30.6 Å². The number of hydrogen-bond donors (Lipinski definition) is 1.